The number of pyridine rings is 1. The van der Waals surface area contributed by atoms with Crippen LogP contribution in [0.25, 0.3) is 16.8 Å². The van der Waals surface area contributed by atoms with Crippen molar-refractivity contribution in [1.29, 1.82) is 0 Å². The molecule has 1 fully saturated rings. The summed E-state index contributed by atoms with van der Waals surface area (Å²) in [6, 6.07) is 8.01. The molecular weight excluding hydrogens is 391 g/mol. The lowest BCUT2D eigenvalue weighted by molar-refractivity contribution is -0.119. The van der Waals surface area contributed by atoms with Gasteiger partial charge in [-0.25, -0.2) is 14.2 Å². The van der Waals surface area contributed by atoms with E-state index in [0.29, 0.717) is 28.2 Å². The van der Waals surface area contributed by atoms with E-state index in [-0.39, 0.29) is 33.0 Å². The number of ether oxygens (including phenoxy) is 1. The Bertz CT molecular complexity index is 1100. The van der Waals surface area contributed by atoms with Gasteiger partial charge in [0, 0.05) is 24.9 Å². The first-order valence-electron chi connectivity index (χ1n) is 9.05. The number of imidazole rings is 1. The number of anilines is 1. The Balaban J connectivity index is 0.00000256. The van der Waals surface area contributed by atoms with E-state index in [1.54, 1.807) is 41.1 Å². The van der Waals surface area contributed by atoms with Crippen LogP contribution in [-0.4, -0.2) is 45.7 Å². The summed E-state index contributed by atoms with van der Waals surface area (Å²) in [4.78, 5) is 28.7. The van der Waals surface area contributed by atoms with Gasteiger partial charge in [-0.1, -0.05) is 7.43 Å². The second kappa shape index (κ2) is 8.50. The summed E-state index contributed by atoms with van der Waals surface area (Å²) in [6.45, 7) is 1.64. The Morgan fingerprint density at radius 1 is 1.37 bits per heavy atom. The quantitative estimate of drug-likeness (QED) is 0.669. The van der Waals surface area contributed by atoms with Gasteiger partial charge in [-0.15, -0.1) is 0 Å². The maximum absolute atomic E-state index is 14.8. The molecule has 30 heavy (non-hydrogen) atoms. The zero-order valence-corrected chi connectivity index (χ0v) is 15.6. The first-order valence-corrected chi connectivity index (χ1v) is 9.05. The second-order valence-electron chi connectivity index (χ2n) is 6.79. The van der Waals surface area contributed by atoms with Gasteiger partial charge in [0.25, 0.3) is 0 Å². The number of carbonyl (C=O) groups is 2. The van der Waals surface area contributed by atoms with Gasteiger partial charge in [0.2, 0.25) is 5.91 Å². The van der Waals surface area contributed by atoms with E-state index in [9.17, 15) is 19.1 Å². The minimum absolute atomic E-state index is 0. The molecule has 1 aliphatic rings. The smallest absolute Gasteiger partial charge is 0.414 e. The standard InChI is InChI=1S/C20H19FN4O4.CH4/c1-12(27)22-8-16-10-25(20(28)29-16)15-2-3-17(18(21)7-15)13-4-5-24-9-14(11-26)23-19(24)6-13;/h2-7,9,16,26H,8,10-11H2,1H3,(H,22,27);1H4/t16-;/m0./s1. The highest BCUT2D eigenvalue weighted by molar-refractivity contribution is 5.90. The molecule has 0 radical (unpaired) electrons. The Morgan fingerprint density at radius 3 is 2.87 bits per heavy atom. The highest BCUT2D eigenvalue weighted by Gasteiger charge is 2.32. The maximum atomic E-state index is 14.8. The number of fused-ring (bicyclic) bond motifs is 1. The van der Waals surface area contributed by atoms with Crippen molar-refractivity contribution in [3.63, 3.8) is 0 Å². The molecule has 3 aromatic rings. The topological polar surface area (TPSA) is 96.2 Å². The van der Waals surface area contributed by atoms with Crippen molar-refractivity contribution in [2.45, 2.75) is 27.1 Å². The van der Waals surface area contributed by atoms with Gasteiger partial charge in [0.15, 0.2) is 0 Å². The Labute approximate surface area is 172 Å². The number of carbonyl (C=O) groups excluding carboxylic acids is 2. The summed E-state index contributed by atoms with van der Waals surface area (Å²) in [5.74, 6) is -0.700. The number of amides is 2. The summed E-state index contributed by atoms with van der Waals surface area (Å²) in [5.41, 5.74) is 2.50. The van der Waals surface area contributed by atoms with Crippen LogP contribution in [0.2, 0.25) is 0 Å². The lowest BCUT2D eigenvalue weighted by Crippen LogP contribution is -2.33. The molecular formula is C21H23FN4O4. The molecule has 1 atom stereocenters. The number of benzene rings is 1. The summed E-state index contributed by atoms with van der Waals surface area (Å²) < 4.78 is 21.8. The van der Waals surface area contributed by atoms with Crippen LogP contribution in [-0.2, 0) is 16.1 Å². The lowest BCUT2D eigenvalue weighted by atomic mass is 10.1. The molecule has 1 saturated heterocycles. The number of aromatic nitrogens is 2. The maximum Gasteiger partial charge on any atom is 0.414 e. The molecule has 2 aromatic heterocycles. The number of halogens is 1. The minimum Gasteiger partial charge on any atom is -0.442 e. The SMILES string of the molecule is C.CC(=O)NC[C@H]1CN(c2ccc(-c3ccn4cc(CO)nc4c3)c(F)c2)C(=O)O1. The highest BCUT2D eigenvalue weighted by Crippen LogP contribution is 2.29. The van der Waals surface area contributed by atoms with Crippen LogP contribution in [0.5, 0.6) is 0 Å². The average Bonchev–Trinajstić information content (AvgIpc) is 3.28. The molecule has 0 spiro atoms. The van der Waals surface area contributed by atoms with E-state index in [4.69, 9.17) is 4.74 Å². The third-order valence-electron chi connectivity index (χ3n) is 4.70. The van der Waals surface area contributed by atoms with Gasteiger partial charge in [-0.2, -0.15) is 0 Å². The zero-order valence-electron chi connectivity index (χ0n) is 15.6. The fourth-order valence-electron chi connectivity index (χ4n) is 3.28. The molecule has 0 aliphatic carbocycles. The van der Waals surface area contributed by atoms with Gasteiger partial charge in [0.05, 0.1) is 31.1 Å². The molecule has 4 rings (SSSR count). The third-order valence-corrected chi connectivity index (χ3v) is 4.70. The van der Waals surface area contributed by atoms with Crippen molar-refractivity contribution in [1.82, 2.24) is 14.7 Å². The van der Waals surface area contributed by atoms with Crippen molar-refractivity contribution in [3.8, 4) is 11.1 Å². The molecule has 8 nitrogen and oxygen atoms in total. The fourth-order valence-corrected chi connectivity index (χ4v) is 3.28. The van der Waals surface area contributed by atoms with E-state index in [1.807, 2.05) is 0 Å². The van der Waals surface area contributed by atoms with Crippen LogP contribution in [0.15, 0.2) is 42.7 Å². The number of aliphatic hydroxyl groups is 1. The number of hydrogen-bond donors (Lipinski definition) is 2. The van der Waals surface area contributed by atoms with Crippen molar-refractivity contribution >= 4 is 23.3 Å². The number of nitrogens with one attached hydrogen (secondary N) is 1. The van der Waals surface area contributed by atoms with E-state index < -0.39 is 18.0 Å². The summed E-state index contributed by atoms with van der Waals surface area (Å²) >= 11 is 0. The van der Waals surface area contributed by atoms with E-state index in [1.165, 1.54) is 17.9 Å². The molecule has 2 N–H and O–H groups in total. The van der Waals surface area contributed by atoms with Crippen LogP contribution >= 0.6 is 0 Å². The molecule has 1 aliphatic heterocycles. The molecule has 2 amide bonds. The van der Waals surface area contributed by atoms with Gasteiger partial charge >= 0.3 is 6.09 Å². The molecule has 158 valence electrons. The van der Waals surface area contributed by atoms with Gasteiger partial charge in [-0.3, -0.25) is 9.69 Å². The van der Waals surface area contributed by atoms with Gasteiger partial charge in [-0.05, 0) is 35.9 Å². The monoisotopic (exact) mass is 414 g/mol. The summed E-state index contributed by atoms with van der Waals surface area (Å²) in [5, 5.41) is 11.8. The Hall–Kier alpha value is -3.46. The van der Waals surface area contributed by atoms with E-state index in [0.717, 1.165) is 0 Å². The fraction of sp³-hybridized carbons (Fsp3) is 0.286. The molecule has 0 unspecified atom stereocenters. The Kier molecular flexibility index (Phi) is 6.02. The zero-order chi connectivity index (χ0) is 20.5. The van der Waals surface area contributed by atoms with Crippen LogP contribution < -0.4 is 10.2 Å². The Morgan fingerprint density at radius 2 is 2.17 bits per heavy atom. The summed E-state index contributed by atoms with van der Waals surface area (Å²) in [7, 11) is 0. The second-order valence-corrected chi connectivity index (χ2v) is 6.79. The average molecular weight is 414 g/mol. The van der Waals surface area contributed by atoms with Crippen molar-refractivity contribution < 1.29 is 23.8 Å². The van der Waals surface area contributed by atoms with Crippen LogP contribution in [0.1, 0.15) is 20.0 Å². The number of rotatable bonds is 5. The third kappa shape index (κ3) is 4.11. The largest absolute Gasteiger partial charge is 0.442 e. The van der Waals surface area contributed by atoms with Crippen LogP contribution in [0.3, 0.4) is 0 Å². The molecule has 0 bridgehead atoms. The normalized spacial score (nSPS) is 15.8. The molecule has 3 heterocycles. The van der Waals surface area contributed by atoms with Crippen LogP contribution in [0, 0.1) is 5.82 Å². The summed E-state index contributed by atoms with van der Waals surface area (Å²) in [6.07, 6.45) is 2.38. The number of cyclic esters (lactones) is 1. The first kappa shape index (κ1) is 21.3. The lowest BCUT2D eigenvalue weighted by Gasteiger charge is -2.14. The van der Waals surface area contributed by atoms with Gasteiger partial charge in [0.1, 0.15) is 17.6 Å². The number of nitrogens with zero attached hydrogens (tertiary/aromatic N) is 3. The molecule has 1 aromatic carbocycles. The number of hydrogen-bond acceptors (Lipinski definition) is 5. The van der Waals surface area contributed by atoms with Crippen molar-refractivity contribution in [2.24, 2.45) is 0 Å². The van der Waals surface area contributed by atoms with Crippen molar-refractivity contribution in [2.75, 3.05) is 18.0 Å². The van der Waals surface area contributed by atoms with E-state index >= 15 is 0 Å². The van der Waals surface area contributed by atoms with Crippen LogP contribution in [0.4, 0.5) is 14.9 Å². The minimum atomic E-state index is -0.581. The predicted molar refractivity (Wildman–Crippen MR) is 110 cm³/mol. The first-order chi connectivity index (χ1) is 13.9. The van der Waals surface area contributed by atoms with Gasteiger partial charge < -0.3 is 19.6 Å². The highest BCUT2D eigenvalue weighted by atomic mass is 19.1. The predicted octanol–water partition coefficient (Wildman–Crippen LogP) is 2.73. The molecule has 0 saturated carbocycles. The number of aliphatic hydroxyl groups excluding tert-OH is 1. The van der Waals surface area contributed by atoms with E-state index in [2.05, 4.69) is 10.3 Å². The van der Waals surface area contributed by atoms with Crippen molar-refractivity contribution in [3.05, 3.63) is 54.2 Å². The molecule has 9 heteroatoms.